The summed E-state index contributed by atoms with van der Waals surface area (Å²) in [7, 11) is -3.32. The number of nitrogens with one attached hydrogen (secondary N) is 2. The molecule has 0 saturated carbocycles. The van der Waals surface area contributed by atoms with Gasteiger partial charge in [0.25, 0.3) is 0 Å². The SMILES string of the molecule is CS(=O)(=O)Nc1ccc(/C=C/C(=O)Nc2cccc(Cl)c2N2CCOCC2)cc1. The number of nitrogens with zero attached hydrogens (tertiary/aromatic N) is 1. The molecule has 2 aromatic carbocycles. The van der Waals surface area contributed by atoms with Gasteiger partial charge in [0.1, 0.15) is 0 Å². The zero-order chi connectivity index (χ0) is 20.9. The van der Waals surface area contributed by atoms with Crippen LogP contribution in [0.4, 0.5) is 17.1 Å². The summed E-state index contributed by atoms with van der Waals surface area (Å²) in [5.41, 5.74) is 2.65. The lowest BCUT2D eigenvalue weighted by Crippen LogP contribution is -2.37. The van der Waals surface area contributed by atoms with Crippen molar-refractivity contribution < 1.29 is 17.9 Å². The van der Waals surface area contributed by atoms with Crippen LogP contribution in [0.3, 0.4) is 0 Å². The summed E-state index contributed by atoms with van der Waals surface area (Å²) >= 11 is 6.38. The first kappa shape index (κ1) is 21.2. The Bertz CT molecular complexity index is 1000. The summed E-state index contributed by atoms with van der Waals surface area (Å²) in [5.74, 6) is -0.292. The molecule has 1 aliphatic rings. The lowest BCUT2D eigenvalue weighted by molar-refractivity contribution is -0.111. The molecule has 154 valence electrons. The maximum absolute atomic E-state index is 12.4. The van der Waals surface area contributed by atoms with Crippen LogP contribution in [0.5, 0.6) is 0 Å². The van der Waals surface area contributed by atoms with Gasteiger partial charge in [-0.2, -0.15) is 0 Å². The largest absolute Gasteiger partial charge is 0.378 e. The minimum atomic E-state index is -3.32. The summed E-state index contributed by atoms with van der Waals surface area (Å²) in [6, 6.07) is 12.1. The highest BCUT2D eigenvalue weighted by molar-refractivity contribution is 7.92. The third-order valence-electron chi connectivity index (χ3n) is 4.21. The molecular formula is C20H22ClN3O4S. The van der Waals surface area contributed by atoms with Crippen LogP contribution in [-0.2, 0) is 19.6 Å². The molecule has 1 saturated heterocycles. The summed E-state index contributed by atoms with van der Waals surface area (Å²) in [4.78, 5) is 14.5. The van der Waals surface area contributed by atoms with Crippen molar-refractivity contribution in [1.82, 2.24) is 0 Å². The van der Waals surface area contributed by atoms with E-state index in [-0.39, 0.29) is 5.91 Å². The molecule has 0 aliphatic carbocycles. The van der Waals surface area contributed by atoms with Gasteiger partial charge in [0, 0.05) is 24.9 Å². The van der Waals surface area contributed by atoms with Crippen LogP contribution in [0.25, 0.3) is 6.08 Å². The number of rotatable bonds is 6. The Morgan fingerprint density at radius 3 is 2.48 bits per heavy atom. The third-order valence-corrected chi connectivity index (χ3v) is 5.12. The quantitative estimate of drug-likeness (QED) is 0.680. The number of amides is 1. The normalized spacial score (nSPS) is 14.8. The molecule has 0 radical (unpaired) electrons. The number of morpholine rings is 1. The monoisotopic (exact) mass is 435 g/mol. The summed E-state index contributed by atoms with van der Waals surface area (Å²) < 4.78 is 30.3. The van der Waals surface area contributed by atoms with Crippen LogP contribution in [0, 0.1) is 0 Å². The Labute approximate surface area is 175 Å². The number of para-hydroxylation sites is 1. The number of sulfonamides is 1. The van der Waals surface area contributed by atoms with E-state index in [4.69, 9.17) is 16.3 Å². The molecule has 3 rings (SSSR count). The van der Waals surface area contributed by atoms with Crippen LogP contribution >= 0.6 is 11.6 Å². The van der Waals surface area contributed by atoms with Crippen LogP contribution in [0.1, 0.15) is 5.56 Å². The maximum Gasteiger partial charge on any atom is 0.248 e. The highest BCUT2D eigenvalue weighted by Gasteiger charge is 2.18. The van der Waals surface area contributed by atoms with Crippen LogP contribution in [0.15, 0.2) is 48.5 Å². The van der Waals surface area contributed by atoms with Gasteiger partial charge in [-0.05, 0) is 35.9 Å². The Hall–Kier alpha value is -2.55. The fourth-order valence-electron chi connectivity index (χ4n) is 2.95. The standard InChI is InChI=1S/C20H22ClN3O4S/c1-29(26,27)23-16-8-5-15(6-9-16)7-10-19(25)22-18-4-2-3-17(21)20(18)24-11-13-28-14-12-24/h2-10,23H,11-14H2,1H3,(H,22,25)/b10-7+. The molecule has 29 heavy (non-hydrogen) atoms. The van der Waals surface area contributed by atoms with E-state index in [1.807, 2.05) is 6.07 Å². The number of carbonyl (C=O) groups excluding carboxylic acids is 1. The van der Waals surface area contributed by atoms with Crippen molar-refractivity contribution in [2.24, 2.45) is 0 Å². The van der Waals surface area contributed by atoms with E-state index in [1.165, 1.54) is 6.08 Å². The van der Waals surface area contributed by atoms with Crippen molar-refractivity contribution in [2.45, 2.75) is 0 Å². The van der Waals surface area contributed by atoms with E-state index >= 15 is 0 Å². The summed E-state index contributed by atoms with van der Waals surface area (Å²) in [6.07, 6.45) is 4.16. The van der Waals surface area contributed by atoms with Gasteiger partial charge in [0.05, 0.1) is 35.9 Å². The molecular weight excluding hydrogens is 414 g/mol. The fourth-order valence-corrected chi connectivity index (χ4v) is 3.81. The highest BCUT2D eigenvalue weighted by atomic mass is 35.5. The number of halogens is 1. The van der Waals surface area contributed by atoms with Gasteiger partial charge in [-0.1, -0.05) is 29.8 Å². The molecule has 0 spiro atoms. The molecule has 1 heterocycles. The van der Waals surface area contributed by atoms with Crippen molar-refractivity contribution in [1.29, 1.82) is 0 Å². The number of ether oxygens (including phenoxy) is 1. The Kier molecular flexibility index (Phi) is 6.79. The van der Waals surface area contributed by atoms with E-state index in [1.54, 1.807) is 42.5 Å². The van der Waals surface area contributed by atoms with Gasteiger partial charge in [0.2, 0.25) is 15.9 Å². The average molecular weight is 436 g/mol. The van der Waals surface area contributed by atoms with E-state index in [2.05, 4.69) is 14.9 Å². The molecule has 1 fully saturated rings. The second kappa shape index (κ2) is 9.30. The lowest BCUT2D eigenvalue weighted by Gasteiger charge is -2.31. The Balaban J connectivity index is 1.68. The van der Waals surface area contributed by atoms with Crippen LogP contribution in [0.2, 0.25) is 5.02 Å². The van der Waals surface area contributed by atoms with E-state index in [9.17, 15) is 13.2 Å². The molecule has 0 bridgehead atoms. The van der Waals surface area contributed by atoms with Gasteiger partial charge in [-0.15, -0.1) is 0 Å². The van der Waals surface area contributed by atoms with Gasteiger partial charge >= 0.3 is 0 Å². The molecule has 7 nitrogen and oxygen atoms in total. The lowest BCUT2D eigenvalue weighted by atomic mass is 10.2. The van der Waals surface area contributed by atoms with Gasteiger partial charge in [0.15, 0.2) is 0 Å². The Morgan fingerprint density at radius 1 is 1.14 bits per heavy atom. The second-order valence-electron chi connectivity index (χ2n) is 6.55. The number of benzene rings is 2. The minimum Gasteiger partial charge on any atom is -0.378 e. The van der Waals surface area contributed by atoms with Crippen molar-refractivity contribution in [3.8, 4) is 0 Å². The van der Waals surface area contributed by atoms with Gasteiger partial charge in [-0.25, -0.2) is 8.42 Å². The molecule has 0 aromatic heterocycles. The first-order valence-corrected chi connectivity index (χ1v) is 11.3. The predicted octanol–water partition coefficient (Wildman–Crippen LogP) is 3.20. The average Bonchev–Trinajstić information content (AvgIpc) is 2.67. The topological polar surface area (TPSA) is 87.7 Å². The third kappa shape index (κ3) is 6.22. The van der Waals surface area contributed by atoms with E-state index in [0.717, 1.165) is 17.5 Å². The second-order valence-corrected chi connectivity index (χ2v) is 8.71. The van der Waals surface area contributed by atoms with E-state index < -0.39 is 10.0 Å². The molecule has 0 atom stereocenters. The number of hydrogen-bond donors (Lipinski definition) is 2. The zero-order valence-corrected chi connectivity index (χ0v) is 17.5. The van der Waals surface area contributed by atoms with Crippen molar-refractivity contribution in [3.05, 3.63) is 59.1 Å². The molecule has 0 unspecified atom stereocenters. The molecule has 1 amide bonds. The molecule has 1 aliphatic heterocycles. The molecule has 9 heteroatoms. The van der Waals surface area contributed by atoms with Crippen molar-refractivity contribution in [2.75, 3.05) is 47.5 Å². The number of anilines is 3. The predicted molar refractivity (Wildman–Crippen MR) is 117 cm³/mol. The first-order chi connectivity index (χ1) is 13.8. The highest BCUT2D eigenvalue weighted by Crippen LogP contribution is 2.34. The maximum atomic E-state index is 12.4. The molecule has 2 N–H and O–H groups in total. The van der Waals surface area contributed by atoms with E-state index in [0.29, 0.717) is 42.7 Å². The zero-order valence-electron chi connectivity index (χ0n) is 15.9. The van der Waals surface area contributed by atoms with Gasteiger partial charge < -0.3 is 15.0 Å². The van der Waals surface area contributed by atoms with Crippen LogP contribution in [-0.4, -0.2) is 46.9 Å². The smallest absolute Gasteiger partial charge is 0.248 e. The Morgan fingerprint density at radius 2 is 1.83 bits per heavy atom. The summed E-state index contributed by atoms with van der Waals surface area (Å²) in [5, 5.41) is 3.45. The summed E-state index contributed by atoms with van der Waals surface area (Å²) in [6.45, 7) is 2.64. The number of carbonyl (C=O) groups is 1. The van der Waals surface area contributed by atoms with Gasteiger partial charge in [-0.3, -0.25) is 9.52 Å². The first-order valence-electron chi connectivity index (χ1n) is 9.00. The van der Waals surface area contributed by atoms with Crippen molar-refractivity contribution in [3.63, 3.8) is 0 Å². The van der Waals surface area contributed by atoms with Crippen molar-refractivity contribution >= 4 is 50.7 Å². The minimum absolute atomic E-state index is 0.292. The molecule has 2 aromatic rings. The van der Waals surface area contributed by atoms with Crippen LogP contribution < -0.4 is 14.9 Å². The number of hydrogen-bond acceptors (Lipinski definition) is 5. The fraction of sp³-hybridized carbons (Fsp3) is 0.250.